The number of hydrogen-bond donors (Lipinski definition) is 1. The number of nitrogens with one attached hydrogen (secondary N) is 1. The van der Waals surface area contributed by atoms with Crippen molar-refractivity contribution in [3.8, 4) is 22.1 Å². The lowest BCUT2D eigenvalue weighted by molar-refractivity contribution is -0.155. The minimum Gasteiger partial charge on any atom is -0.460 e. The number of hydrogen-bond acceptors (Lipinski definition) is 9. The first-order valence-electron chi connectivity index (χ1n) is 14.6. The molecule has 0 aliphatic carbocycles. The van der Waals surface area contributed by atoms with Crippen molar-refractivity contribution in [2.45, 2.75) is 59.0 Å². The molecule has 1 saturated heterocycles. The molecule has 1 aliphatic heterocycles. The molecule has 0 saturated carbocycles. The second-order valence-electron chi connectivity index (χ2n) is 11.8. The molecule has 9 nitrogen and oxygen atoms in total. The van der Waals surface area contributed by atoms with Gasteiger partial charge in [-0.05, 0) is 83.2 Å². The van der Waals surface area contributed by atoms with Crippen LogP contribution in [0.25, 0.3) is 10.6 Å². The number of aromatic nitrogens is 3. The lowest BCUT2D eigenvalue weighted by atomic mass is 9.92. The molecule has 0 bridgehead atoms. The second kappa shape index (κ2) is 13.5. The van der Waals surface area contributed by atoms with E-state index < -0.39 is 11.4 Å². The molecule has 1 N–H and O–H groups in total. The topological polar surface area (TPSA) is 107 Å². The van der Waals surface area contributed by atoms with Crippen molar-refractivity contribution in [1.82, 2.24) is 15.2 Å². The standard InChI is InChI=1S/C33H36FN5O4S/c1-21-27(42-28-10-6-5-9-24(28)34)13-12-25(37-31(41)26-20-44-32(38-26)23-15-16-35-36-18-23)30(21)39-17-7-8-22(19-39)11-14-29(40)43-33(2,3)4/h5-6,9-10,12-13,15-16,18,20,22H,7-8,11,14,17,19H2,1-4H3,(H,37,41)/t22-/m0/s1. The van der Waals surface area contributed by atoms with Crippen LogP contribution < -0.4 is 15.0 Å². The molecule has 1 atom stereocenters. The molecular formula is C33H36FN5O4S. The predicted octanol–water partition coefficient (Wildman–Crippen LogP) is 7.43. The van der Waals surface area contributed by atoms with E-state index in [-0.39, 0.29) is 29.2 Å². The third-order valence-corrected chi connectivity index (χ3v) is 8.16. The van der Waals surface area contributed by atoms with Crippen molar-refractivity contribution in [3.63, 3.8) is 0 Å². The number of carbonyl (C=O) groups excluding carboxylic acids is 2. The molecule has 11 heteroatoms. The van der Waals surface area contributed by atoms with Gasteiger partial charge in [0, 0.05) is 36.0 Å². The fourth-order valence-electron chi connectivity index (χ4n) is 5.28. The smallest absolute Gasteiger partial charge is 0.306 e. The Labute approximate surface area is 260 Å². The van der Waals surface area contributed by atoms with Crippen LogP contribution in [0, 0.1) is 18.7 Å². The SMILES string of the molecule is Cc1c(Oc2ccccc2F)ccc(NC(=O)c2csc(-c3ccnnc3)n2)c1N1CCC[C@@H](CCC(=O)OC(C)(C)C)C1. The van der Waals surface area contributed by atoms with Crippen LogP contribution in [-0.2, 0) is 9.53 Å². The summed E-state index contributed by atoms with van der Waals surface area (Å²) < 4.78 is 26.0. The van der Waals surface area contributed by atoms with E-state index in [4.69, 9.17) is 9.47 Å². The Kier molecular flexibility index (Phi) is 9.53. The summed E-state index contributed by atoms with van der Waals surface area (Å²) in [7, 11) is 0. The van der Waals surface area contributed by atoms with Gasteiger partial charge in [-0.1, -0.05) is 12.1 Å². The first kappa shape index (κ1) is 31.1. The average molecular weight is 618 g/mol. The average Bonchev–Trinajstić information content (AvgIpc) is 3.49. The van der Waals surface area contributed by atoms with Crippen molar-refractivity contribution in [2.75, 3.05) is 23.3 Å². The van der Waals surface area contributed by atoms with E-state index in [1.165, 1.54) is 17.4 Å². The number of piperidine rings is 1. The molecule has 1 amide bonds. The molecule has 2 aromatic heterocycles. The van der Waals surface area contributed by atoms with Crippen LogP contribution in [0.4, 0.5) is 15.8 Å². The Morgan fingerprint density at radius 1 is 1.11 bits per heavy atom. The number of para-hydroxylation sites is 1. The number of carbonyl (C=O) groups is 2. The summed E-state index contributed by atoms with van der Waals surface area (Å²) in [6.45, 7) is 8.95. The van der Waals surface area contributed by atoms with Crippen molar-refractivity contribution in [3.05, 3.63) is 77.3 Å². The maximum atomic E-state index is 14.5. The van der Waals surface area contributed by atoms with Crippen LogP contribution in [0.2, 0.25) is 0 Å². The van der Waals surface area contributed by atoms with Gasteiger partial charge in [-0.25, -0.2) is 9.37 Å². The van der Waals surface area contributed by atoms with E-state index in [1.807, 2.05) is 27.7 Å². The van der Waals surface area contributed by atoms with E-state index in [1.54, 1.807) is 54.2 Å². The number of esters is 1. The highest BCUT2D eigenvalue weighted by Gasteiger charge is 2.27. The monoisotopic (exact) mass is 617 g/mol. The number of nitrogens with zero attached hydrogens (tertiary/aromatic N) is 4. The molecule has 0 radical (unpaired) electrons. The van der Waals surface area contributed by atoms with Crippen molar-refractivity contribution < 1.29 is 23.5 Å². The molecular weight excluding hydrogens is 581 g/mol. The summed E-state index contributed by atoms with van der Waals surface area (Å²) in [6.07, 6.45) is 6.12. The van der Waals surface area contributed by atoms with Crippen LogP contribution >= 0.6 is 11.3 Å². The lowest BCUT2D eigenvalue weighted by Crippen LogP contribution is -2.37. The van der Waals surface area contributed by atoms with E-state index in [0.29, 0.717) is 35.8 Å². The molecule has 2 aromatic carbocycles. The van der Waals surface area contributed by atoms with Gasteiger partial charge in [0.15, 0.2) is 11.6 Å². The van der Waals surface area contributed by atoms with Gasteiger partial charge in [0.1, 0.15) is 22.1 Å². The lowest BCUT2D eigenvalue weighted by Gasteiger charge is -2.37. The first-order valence-corrected chi connectivity index (χ1v) is 15.5. The van der Waals surface area contributed by atoms with E-state index in [9.17, 15) is 14.0 Å². The van der Waals surface area contributed by atoms with Gasteiger partial charge in [0.25, 0.3) is 5.91 Å². The Bertz CT molecular complexity index is 1620. The van der Waals surface area contributed by atoms with Gasteiger partial charge in [-0.3, -0.25) is 9.59 Å². The maximum Gasteiger partial charge on any atom is 0.306 e. The molecule has 5 rings (SSSR count). The van der Waals surface area contributed by atoms with Crippen LogP contribution in [0.1, 0.15) is 62.5 Å². The fraction of sp³-hybridized carbons (Fsp3) is 0.364. The van der Waals surface area contributed by atoms with Gasteiger partial charge in [0.2, 0.25) is 0 Å². The Balaban J connectivity index is 1.40. The highest BCUT2D eigenvalue weighted by Crippen LogP contribution is 2.41. The normalized spacial score (nSPS) is 15.1. The van der Waals surface area contributed by atoms with Crippen molar-refractivity contribution in [1.29, 1.82) is 0 Å². The van der Waals surface area contributed by atoms with Gasteiger partial charge in [-0.15, -0.1) is 11.3 Å². The summed E-state index contributed by atoms with van der Waals surface area (Å²) in [5.74, 6) is -0.159. The summed E-state index contributed by atoms with van der Waals surface area (Å²) in [6, 6.07) is 11.6. The maximum absolute atomic E-state index is 14.5. The van der Waals surface area contributed by atoms with Crippen LogP contribution in [0.15, 0.2) is 60.2 Å². The third-order valence-electron chi connectivity index (χ3n) is 7.27. The predicted molar refractivity (Wildman–Crippen MR) is 169 cm³/mol. The molecule has 0 spiro atoms. The van der Waals surface area contributed by atoms with Crippen LogP contribution in [-0.4, -0.2) is 45.7 Å². The van der Waals surface area contributed by atoms with Gasteiger partial charge >= 0.3 is 5.97 Å². The van der Waals surface area contributed by atoms with E-state index in [2.05, 4.69) is 25.4 Å². The van der Waals surface area contributed by atoms with Gasteiger partial charge < -0.3 is 19.7 Å². The molecule has 230 valence electrons. The number of amides is 1. The molecule has 0 unspecified atom stereocenters. The van der Waals surface area contributed by atoms with Crippen LogP contribution in [0.5, 0.6) is 11.5 Å². The zero-order valence-electron chi connectivity index (χ0n) is 25.3. The largest absolute Gasteiger partial charge is 0.460 e. The summed E-state index contributed by atoms with van der Waals surface area (Å²) in [4.78, 5) is 32.6. The molecule has 44 heavy (non-hydrogen) atoms. The number of rotatable bonds is 9. The van der Waals surface area contributed by atoms with Gasteiger partial charge in [0.05, 0.1) is 23.8 Å². The van der Waals surface area contributed by atoms with E-state index in [0.717, 1.165) is 36.2 Å². The van der Waals surface area contributed by atoms with Crippen molar-refractivity contribution >= 4 is 34.6 Å². The fourth-order valence-corrected chi connectivity index (χ4v) is 6.07. The van der Waals surface area contributed by atoms with Gasteiger partial charge in [-0.2, -0.15) is 10.2 Å². The Morgan fingerprint density at radius 2 is 1.93 bits per heavy atom. The minimum atomic E-state index is -0.522. The molecule has 1 aliphatic rings. The zero-order chi connectivity index (χ0) is 31.3. The third kappa shape index (κ3) is 7.76. The summed E-state index contributed by atoms with van der Waals surface area (Å²) >= 11 is 1.35. The Morgan fingerprint density at radius 3 is 2.68 bits per heavy atom. The highest BCUT2D eigenvalue weighted by molar-refractivity contribution is 7.13. The van der Waals surface area contributed by atoms with Crippen LogP contribution in [0.3, 0.4) is 0 Å². The summed E-state index contributed by atoms with van der Waals surface area (Å²) in [5.41, 5.74) is 2.70. The number of ether oxygens (including phenoxy) is 2. The number of anilines is 2. The van der Waals surface area contributed by atoms with E-state index >= 15 is 0 Å². The Hall–Kier alpha value is -4.38. The highest BCUT2D eigenvalue weighted by atomic mass is 32.1. The van der Waals surface area contributed by atoms with Crippen molar-refractivity contribution in [2.24, 2.45) is 5.92 Å². The molecule has 1 fully saturated rings. The number of benzene rings is 2. The number of halogens is 1. The first-order chi connectivity index (χ1) is 21.1. The minimum absolute atomic E-state index is 0.118. The second-order valence-corrected chi connectivity index (χ2v) is 12.7. The molecule has 4 aromatic rings. The zero-order valence-corrected chi connectivity index (χ0v) is 26.1. The number of thiazole rings is 1. The molecule has 3 heterocycles. The quantitative estimate of drug-likeness (QED) is 0.193. The summed E-state index contributed by atoms with van der Waals surface area (Å²) in [5, 5.41) is 13.1.